The number of hydrogen-bond acceptors (Lipinski definition) is 6. The third-order valence-electron chi connectivity index (χ3n) is 1.06. The highest BCUT2D eigenvalue weighted by Gasteiger charge is 2.18. The summed E-state index contributed by atoms with van der Waals surface area (Å²) in [6, 6.07) is 0. The van der Waals surface area contributed by atoms with Crippen molar-refractivity contribution in [1.82, 2.24) is 10.2 Å². The molecule has 0 aliphatic heterocycles. The van der Waals surface area contributed by atoms with Crippen LogP contribution in [0.2, 0.25) is 0 Å². The SMILES string of the molecule is Cc1nnc(S(=O)(=O)CC=O)s1. The predicted molar refractivity (Wildman–Crippen MR) is 42.8 cm³/mol. The van der Waals surface area contributed by atoms with Crippen molar-refractivity contribution < 1.29 is 13.2 Å². The maximum atomic E-state index is 11.1. The van der Waals surface area contributed by atoms with E-state index in [9.17, 15) is 13.2 Å². The Morgan fingerprint density at radius 1 is 1.50 bits per heavy atom. The van der Waals surface area contributed by atoms with E-state index in [2.05, 4.69) is 10.2 Å². The molecule has 0 saturated heterocycles. The Hall–Kier alpha value is -0.820. The van der Waals surface area contributed by atoms with Gasteiger partial charge in [0.2, 0.25) is 14.2 Å². The van der Waals surface area contributed by atoms with E-state index in [1.165, 1.54) is 0 Å². The Labute approximate surface area is 73.4 Å². The molecule has 0 amide bonds. The molecule has 0 spiro atoms. The van der Waals surface area contributed by atoms with Crippen molar-refractivity contribution in [3.05, 3.63) is 5.01 Å². The highest BCUT2D eigenvalue weighted by atomic mass is 32.2. The summed E-state index contributed by atoms with van der Waals surface area (Å²) >= 11 is 0.966. The van der Waals surface area contributed by atoms with Crippen LogP contribution in [-0.2, 0) is 14.6 Å². The van der Waals surface area contributed by atoms with Crippen LogP contribution in [0.25, 0.3) is 0 Å². The van der Waals surface area contributed by atoms with Crippen LogP contribution in [0.3, 0.4) is 0 Å². The fourth-order valence-corrected chi connectivity index (χ4v) is 2.54. The monoisotopic (exact) mass is 206 g/mol. The fraction of sp³-hybridized carbons (Fsp3) is 0.400. The van der Waals surface area contributed by atoms with Gasteiger partial charge in [-0.15, -0.1) is 10.2 Å². The summed E-state index contributed by atoms with van der Waals surface area (Å²) in [6.07, 6.45) is 0.339. The Morgan fingerprint density at radius 3 is 2.58 bits per heavy atom. The van der Waals surface area contributed by atoms with Gasteiger partial charge in [-0.3, -0.25) is 0 Å². The van der Waals surface area contributed by atoms with Gasteiger partial charge in [0.25, 0.3) is 0 Å². The Kier molecular flexibility index (Phi) is 2.53. The minimum absolute atomic E-state index is 0.0906. The molecule has 0 atom stereocenters. The summed E-state index contributed by atoms with van der Waals surface area (Å²) < 4.78 is 22.2. The number of nitrogens with zero attached hydrogens (tertiary/aromatic N) is 2. The second kappa shape index (κ2) is 3.28. The largest absolute Gasteiger partial charge is 0.302 e. The van der Waals surface area contributed by atoms with E-state index in [4.69, 9.17) is 0 Å². The zero-order valence-corrected chi connectivity index (χ0v) is 7.85. The molecule has 0 saturated carbocycles. The molecular formula is C5H6N2O3S2. The lowest BCUT2D eigenvalue weighted by molar-refractivity contribution is -0.105. The van der Waals surface area contributed by atoms with E-state index in [1.807, 2.05) is 0 Å². The molecule has 12 heavy (non-hydrogen) atoms. The summed E-state index contributed by atoms with van der Waals surface area (Å²) in [6.45, 7) is 1.65. The maximum absolute atomic E-state index is 11.1. The molecule has 0 N–H and O–H groups in total. The molecule has 0 aromatic carbocycles. The van der Waals surface area contributed by atoms with Gasteiger partial charge >= 0.3 is 0 Å². The lowest BCUT2D eigenvalue weighted by Gasteiger charge is -1.89. The molecule has 0 radical (unpaired) electrons. The van der Waals surface area contributed by atoms with Crippen molar-refractivity contribution in [2.45, 2.75) is 11.3 Å². The van der Waals surface area contributed by atoms with Crippen LogP contribution >= 0.6 is 11.3 Å². The molecule has 0 aliphatic rings. The first-order valence-electron chi connectivity index (χ1n) is 3.03. The molecule has 1 aromatic heterocycles. The summed E-state index contributed by atoms with van der Waals surface area (Å²) in [5.74, 6) is -0.526. The van der Waals surface area contributed by atoms with Gasteiger partial charge in [0.05, 0.1) is 0 Å². The van der Waals surface area contributed by atoms with Gasteiger partial charge in [-0.1, -0.05) is 11.3 Å². The van der Waals surface area contributed by atoms with Crippen LogP contribution in [0.15, 0.2) is 4.34 Å². The van der Waals surface area contributed by atoms with E-state index in [1.54, 1.807) is 6.92 Å². The van der Waals surface area contributed by atoms with E-state index in [0.717, 1.165) is 11.3 Å². The zero-order chi connectivity index (χ0) is 9.19. The highest BCUT2D eigenvalue weighted by molar-refractivity contribution is 7.93. The lowest BCUT2D eigenvalue weighted by Crippen LogP contribution is -2.07. The first-order chi connectivity index (χ1) is 5.56. The first-order valence-corrected chi connectivity index (χ1v) is 5.49. The number of carbonyl (C=O) groups is 1. The number of hydrogen-bond donors (Lipinski definition) is 0. The number of rotatable bonds is 3. The van der Waals surface area contributed by atoms with Crippen LogP contribution in [-0.4, -0.2) is 30.7 Å². The normalized spacial score (nSPS) is 11.4. The average Bonchev–Trinajstić information content (AvgIpc) is 2.36. The molecule has 1 rings (SSSR count). The number of aldehydes is 1. The van der Waals surface area contributed by atoms with E-state index in [0.29, 0.717) is 11.3 Å². The topological polar surface area (TPSA) is 77.0 Å². The van der Waals surface area contributed by atoms with Gasteiger partial charge in [-0.25, -0.2) is 8.42 Å². The smallest absolute Gasteiger partial charge is 0.233 e. The number of sulfone groups is 1. The van der Waals surface area contributed by atoms with Crippen LogP contribution < -0.4 is 0 Å². The van der Waals surface area contributed by atoms with Crippen LogP contribution in [0.1, 0.15) is 5.01 Å². The van der Waals surface area contributed by atoms with Crippen molar-refractivity contribution in [3.63, 3.8) is 0 Å². The third kappa shape index (κ3) is 1.86. The average molecular weight is 206 g/mol. The van der Waals surface area contributed by atoms with Gasteiger partial charge < -0.3 is 4.79 Å². The molecule has 0 bridgehead atoms. The van der Waals surface area contributed by atoms with Crippen molar-refractivity contribution in [3.8, 4) is 0 Å². The van der Waals surface area contributed by atoms with Crippen molar-refractivity contribution in [1.29, 1.82) is 0 Å². The van der Waals surface area contributed by atoms with Gasteiger partial charge in [-0.05, 0) is 6.92 Å². The van der Waals surface area contributed by atoms with E-state index >= 15 is 0 Å². The minimum Gasteiger partial charge on any atom is -0.302 e. The molecule has 5 nitrogen and oxygen atoms in total. The lowest BCUT2D eigenvalue weighted by atomic mass is 10.9. The predicted octanol–water partition coefficient (Wildman–Crippen LogP) is -0.181. The molecule has 0 fully saturated rings. The first kappa shape index (κ1) is 9.27. The summed E-state index contributed by atoms with van der Waals surface area (Å²) in [5.41, 5.74) is 0. The second-order valence-electron chi connectivity index (χ2n) is 2.04. The van der Waals surface area contributed by atoms with Crippen LogP contribution in [0.4, 0.5) is 0 Å². The van der Waals surface area contributed by atoms with Crippen molar-refractivity contribution >= 4 is 27.5 Å². The molecule has 1 heterocycles. The van der Waals surface area contributed by atoms with E-state index < -0.39 is 15.6 Å². The molecule has 0 unspecified atom stereocenters. The fourth-order valence-electron chi connectivity index (χ4n) is 0.565. The van der Waals surface area contributed by atoms with Crippen LogP contribution in [0, 0.1) is 6.92 Å². The maximum Gasteiger partial charge on any atom is 0.233 e. The number of carbonyl (C=O) groups excluding carboxylic acids is 1. The molecule has 0 aliphatic carbocycles. The summed E-state index contributed by atoms with van der Waals surface area (Å²) in [4.78, 5) is 9.98. The van der Waals surface area contributed by atoms with Gasteiger partial charge in [0.15, 0.2) is 0 Å². The van der Waals surface area contributed by atoms with Crippen molar-refractivity contribution in [2.24, 2.45) is 0 Å². The second-order valence-corrected chi connectivity index (χ2v) is 5.42. The number of aromatic nitrogens is 2. The van der Waals surface area contributed by atoms with Gasteiger partial charge in [0.1, 0.15) is 17.0 Å². The third-order valence-corrected chi connectivity index (χ3v) is 3.89. The van der Waals surface area contributed by atoms with Crippen molar-refractivity contribution in [2.75, 3.05) is 5.75 Å². The zero-order valence-electron chi connectivity index (χ0n) is 6.22. The molecule has 7 heteroatoms. The molecular weight excluding hydrogens is 200 g/mol. The number of aryl methyl sites for hydroxylation is 1. The summed E-state index contributed by atoms with van der Waals surface area (Å²) in [5, 5.41) is 7.54. The molecule has 66 valence electrons. The Balaban J connectivity index is 3.06. The van der Waals surface area contributed by atoms with Crippen LogP contribution in [0.5, 0.6) is 0 Å². The molecule has 1 aromatic rings. The van der Waals surface area contributed by atoms with Gasteiger partial charge in [-0.2, -0.15) is 0 Å². The van der Waals surface area contributed by atoms with Gasteiger partial charge in [0, 0.05) is 0 Å². The Bertz CT molecular complexity index is 381. The standard InChI is InChI=1S/C5H6N2O3S2/c1-4-6-7-5(11-4)12(9,10)3-2-8/h2H,3H2,1H3. The quantitative estimate of drug-likeness (QED) is 0.641. The highest BCUT2D eigenvalue weighted by Crippen LogP contribution is 2.14. The van der Waals surface area contributed by atoms with E-state index in [-0.39, 0.29) is 4.34 Å². The Morgan fingerprint density at radius 2 is 2.17 bits per heavy atom. The minimum atomic E-state index is -3.51. The summed E-state index contributed by atoms with van der Waals surface area (Å²) in [7, 11) is -3.51.